The fraction of sp³-hybridized carbons (Fsp3) is 0.200. The summed E-state index contributed by atoms with van der Waals surface area (Å²) in [5.41, 5.74) is 1.75. The second-order valence-corrected chi connectivity index (χ2v) is 3.34. The molecule has 0 aliphatic rings. The summed E-state index contributed by atoms with van der Waals surface area (Å²) in [4.78, 5) is 17.9. The lowest BCUT2D eigenvalue weighted by Crippen LogP contribution is -2.19. The fourth-order valence-electron chi connectivity index (χ4n) is 1.41. The van der Waals surface area contributed by atoms with E-state index >= 15 is 0 Å². The number of halogens is 2. The van der Waals surface area contributed by atoms with Gasteiger partial charge in [0.05, 0.1) is 11.0 Å². The predicted octanol–water partition coefficient (Wildman–Crippen LogP) is 2.07. The summed E-state index contributed by atoms with van der Waals surface area (Å²) in [5, 5.41) is 2.11. The van der Waals surface area contributed by atoms with Gasteiger partial charge in [0, 0.05) is 5.69 Å². The van der Waals surface area contributed by atoms with Crippen molar-refractivity contribution in [2.75, 3.05) is 5.32 Å². The molecule has 0 aliphatic carbocycles. The maximum atomic E-state index is 12.0. The SMILES string of the molecule is Cc1nc2ccc(NC(=O)C(F)F)cc2[nH]1. The molecule has 0 radical (unpaired) electrons. The molecule has 2 N–H and O–H groups in total. The smallest absolute Gasteiger partial charge is 0.315 e. The molecule has 0 bridgehead atoms. The van der Waals surface area contributed by atoms with Crippen LogP contribution in [0.5, 0.6) is 0 Å². The number of carbonyl (C=O) groups is 1. The summed E-state index contributed by atoms with van der Waals surface area (Å²) in [6.45, 7) is 1.79. The first-order valence-electron chi connectivity index (χ1n) is 4.61. The number of hydrogen-bond donors (Lipinski definition) is 2. The molecule has 2 rings (SSSR count). The fourth-order valence-corrected chi connectivity index (χ4v) is 1.41. The van der Waals surface area contributed by atoms with Crippen molar-refractivity contribution in [2.45, 2.75) is 13.3 Å². The number of amides is 1. The lowest BCUT2D eigenvalue weighted by Gasteiger charge is -2.03. The Morgan fingerprint density at radius 3 is 2.94 bits per heavy atom. The van der Waals surface area contributed by atoms with Gasteiger partial charge < -0.3 is 10.3 Å². The number of nitrogens with one attached hydrogen (secondary N) is 2. The zero-order valence-electron chi connectivity index (χ0n) is 8.42. The molecule has 0 atom stereocenters. The van der Waals surface area contributed by atoms with E-state index in [1.807, 2.05) is 0 Å². The van der Waals surface area contributed by atoms with Crippen LogP contribution in [0.4, 0.5) is 14.5 Å². The van der Waals surface area contributed by atoms with Crippen molar-refractivity contribution in [1.82, 2.24) is 9.97 Å². The van der Waals surface area contributed by atoms with Crippen LogP contribution in [0, 0.1) is 6.92 Å². The number of aromatic nitrogens is 2. The Kier molecular flexibility index (Phi) is 2.55. The van der Waals surface area contributed by atoms with E-state index in [1.165, 1.54) is 6.07 Å². The number of nitrogens with zero attached hydrogens (tertiary/aromatic N) is 1. The molecule has 2 aromatic rings. The molecule has 0 fully saturated rings. The summed E-state index contributed by atoms with van der Waals surface area (Å²) in [7, 11) is 0. The van der Waals surface area contributed by atoms with E-state index in [1.54, 1.807) is 19.1 Å². The molecule has 0 saturated carbocycles. The quantitative estimate of drug-likeness (QED) is 0.822. The molecule has 84 valence electrons. The number of aryl methyl sites for hydroxylation is 1. The predicted molar refractivity (Wildman–Crippen MR) is 55.5 cm³/mol. The first kappa shape index (κ1) is 10.5. The van der Waals surface area contributed by atoms with Gasteiger partial charge in [0.2, 0.25) is 0 Å². The Morgan fingerprint density at radius 1 is 1.50 bits per heavy atom. The number of alkyl halides is 2. The highest BCUT2D eigenvalue weighted by molar-refractivity contribution is 5.94. The van der Waals surface area contributed by atoms with E-state index in [-0.39, 0.29) is 0 Å². The van der Waals surface area contributed by atoms with Crippen LogP contribution in [0.15, 0.2) is 18.2 Å². The number of carbonyl (C=O) groups excluding carboxylic acids is 1. The van der Waals surface area contributed by atoms with Crippen molar-refractivity contribution in [2.24, 2.45) is 0 Å². The molecule has 1 amide bonds. The van der Waals surface area contributed by atoms with E-state index in [0.717, 1.165) is 11.3 Å². The van der Waals surface area contributed by atoms with Crippen LogP contribution in [0.3, 0.4) is 0 Å². The van der Waals surface area contributed by atoms with Gasteiger partial charge in [0.25, 0.3) is 5.91 Å². The summed E-state index contributed by atoms with van der Waals surface area (Å²) in [5.74, 6) is -0.581. The van der Waals surface area contributed by atoms with Crippen LogP contribution < -0.4 is 5.32 Å². The largest absolute Gasteiger partial charge is 0.342 e. The van der Waals surface area contributed by atoms with Gasteiger partial charge in [0.1, 0.15) is 5.82 Å². The molecule has 4 nitrogen and oxygen atoms in total. The van der Waals surface area contributed by atoms with E-state index in [4.69, 9.17) is 0 Å². The lowest BCUT2D eigenvalue weighted by molar-refractivity contribution is -0.126. The highest BCUT2D eigenvalue weighted by Crippen LogP contribution is 2.17. The summed E-state index contributed by atoms with van der Waals surface area (Å²) >= 11 is 0. The van der Waals surface area contributed by atoms with Gasteiger partial charge in [-0.25, -0.2) is 4.98 Å². The number of hydrogen-bond acceptors (Lipinski definition) is 2. The summed E-state index contributed by atoms with van der Waals surface area (Å²) in [6, 6.07) is 4.75. The van der Waals surface area contributed by atoms with Crippen LogP contribution >= 0.6 is 0 Å². The second kappa shape index (κ2) is 3.88. The Labute approximate surface area is 89.7 Å². The monoisotopic (exact) mass is 225 g/mol. The molecule has 1 aromatic heterocycles. The number of fused-ring (bicyclic) bond motifs is 1. The zero-order chi connectivity index (χ0) is 11.7. The lowest BCUT2D eigenvalue weighted by atomic mass is 10.3. The first-order valence-corrected chi connectivity index (χ1v) is 4.61. The van der Waals surface area contributed by atoms with Gasteiger partial charge in [-0.2, -0.15) is 8.78 Å². The number of aromatic amines is 1. The number of anilines is 1. The standard InChI is InChI=1S/C10H9F2N3O/c1-5-13-7-3-2-6(4-8(7)14-5)15-10(16)9(11)12/h2-4,9H,1H3,(H,13,14)(H,15,16). The zero-order valence-corrected chi connectivity index (χ0v) is 8.42. The summed E-state index contributed by atoms with van der Waals surface area (Å²) < 4.78 is 24.0. The number of rotatable bonds is 2. The third-order valence-electron chi connectivity index (χ3n) is 2.07. The van der Waals surface area contributed by atoms with Gasteiger partial charge >= 0.3 is 6.43 Å². The molecular weight excluding hydrogens is 216 g/mol. The Morgan fingerprint density at radius 2 is 2.25 bits per heavy atom. The van der Waals surface area contributed by atoms with Crippen molar-refractivity contribution >= 4 is 22.6 Å². The topological polar surface area (TPSA) is 57.8 Å². The molecule has 6 heteroatoms. The van der Waals surface area contributed by atoms with Crippen molar-refractivity contribution in [1.29, 1.82) is 0 Å². The van der Waals surface area contributed by atoms with Crippen LogP contribution in [0.2, 0.25) is 0 Å². The van der Waals surface area contributed by atoms with Gasteiger partial charge in [-0.05, 0) is 25.1 Å². The third-order valence-corrected chi connectivity index (χ3v) is 2.07. The Balaban J connectivity index is 2.29. The maximum absolute atomic E-state index is 12.0. The Hall–Kier alpha value is -1.98. The van der Waals surface area contributed by atoms with E-state index < -0.39 is 12.3 Å². The van der Waals surface area contributed by atoms with Crippen LogP contribution in [0.1, 0.15) is 5.82 Å². The van der Waals surface area contributed by atoms with Gasteiger partial charge in [-0.3, -0.25) is 4.79 Å². The third kappa shape index (κ3) is 2.00. The molecular formula is C10H9F2N3O. The van der Waals surface area contributed by atoms with Gasteiger partial charge in [0.15, 0.2) is 0 Å². The molecule has 1 aromatic carbocycles. The highest BCUT2D eigenvalue weighted by Gasteiger charge is 2.15. The van der Waals surface area contributed by atoms with Crippen LogP contribution in [-0.2, 0) is 4.79 Å². The van der Waals surface area contributed by atoms with Crippen molar-refractivity contribution in [3.8, 4) is 0 Å². The minimum Gasteiger partial charge on any atom is -0.342 e. The minimum atomic E-state index is -3.01. The molecule has 0 aliphatic heterocycles. The normalized spacial score (nSPS) is 11.0. The highest BCUT2D eigenvalue weighted by atomic mass is 19.3. The molecule has 0 saturated heterocycles. The maximum Gasteiger partial charge on any atom is 0.315 e. The van der Waals surface area contributed by atoms with Crippen LogP contribution in [-0.4, -0.2) is 22.3 Å². The summed E-state index contributed by atoms with van der Waals surface area (Å²) in [6.07, 6.45) is -3.01. The average Bonchev–Trinajstić information content (AvgIpc) is 2.57. The molecule has 0 unspecified atom stereocenters. The second-order valence-electron chi connectivity index (χ2n) is 3.34. The first-order chi connectivity index (χ1) is 7.56. The average molecular weight is 225 g/mol. The number of imidazole rings is 1. The van der Waals surface area contributed by atoms with Gasteiger partial charge in [-0.15, -0.1) is 0 Å². The van der Waals surface area contributed by atoms with Crippen LogP contribution in [0.25, 0.3) is 11.0 Å². The minimum absolute atomic E-state index is 0.321. The van der Waals surface area contributed by atoms with E-state index in [9.17, 15) is 13.6 Å². The van der Waals surface area contributed by atoms with Crippen molar-refractivity contribution < 1.29 is 13.6 Å². The van der Waals surface area contributed by atoms with Crippen molar-refractivity contribution in [3.63, 3.8) is 0 Å². The van der Waals surface area contributed by atoms with E-state index in [0.29, 0.717) is 11.2 Å². The molecule has 1 heterocycles. The number of H-pyrrole nitrogens is 1. The Bertz CT molecular complexity index is 536. The molecule has 0 spiro atoms. The number of benzene rings is 1. The van der Waals surface area contributed by atoms with E-state index in [2.05, 4.69) is 15.3 Å². The van der Waals surface area contributed by atoms with Crippen molar-refractivity contribution in [3.05, 3.63) is 24.0 Å². The van der Waals surface area contributed by atoms with Gasteiger partial charge in [-0.1, -0.05) is 0 Å². The molecule has 16 heavy (non-hydrogen) atoms.